The molecule has 62 heavy (non-hydrogen) atoms. The normalized spacial score (nSPS) is 27.8. The number of carbonyl (C=O) groups excluding carboxylic acids is 8. The molecule has 5 rings (SSSR count). The second-order valence-corrected chi connectivity index (χ2v) is 14.3. The number of carbonyl (C=O) groups is 8. The van der Waals surface area contributed by atoms with E-state index in [9.17, 15) is 48.6 Å². The van der Waals surface area contributed by atoms with E-state index in [1.807, 2.05) is 0 Å². The van der Waals surface area contributed by atoms with Crippen LogP contribution in [-0.4, -0.2) is 94.3 Å². The molecule has 0 aromatic carbocycles. The van der Waals surface area contributed by atoms with E-state index in [1.54, 1.807) is 13.8 Å². The highest BCUT2D eigenvalue weighted by molar-refractivity contribution is 6.16. The molecule has 4 heterocycles. The van der Waals surface area contributed by atoms with E-state index >= 15 is 0 Å². The Bertz CT molecular complexity index is 2090. The van der Waals surface area contributed by atoms with Crippen LogP contribution in [0.2, 0.25) is 0 Å². The summed E-state index contributed by atoms with van der Waals surface area (Å²) in [5, 5.41) is 20.9. The summed E-state index contributed by atoms with van der Waals surface area (Å²) in [5.41, 5.74) is -1.57. The lowest BCUT2D eigenvalue weighted by molar-refractivity contribution is -0.297. The zero-order chi connectivity index (χ0) is 45.3. The van der Waals surface area contributed by atoms with E-state index in [4.69, 9.17) is 47.4 Å². The second kappa shape index (κ2) is 19.1. The number of aliphatic hydroxyl groups is 2. The van der Waals surface area contributed by atoms with Gasteiger partial charge in [-0.05, 0) is 38.2 Å². The van der Waals surface area contributed by atoms with E-state index in [0.29, 0.717) is 0 Å². The average Bonchev–Trinajstić information content (AvgIpc) is 3.18. The fourth-order valence-corrected chi connectivity index (χ4v) is 6.38. The first-order chi connectivity index (χ1) is 29.3. The number of esters is 8. The van der Waals surface area contributed by atoms with Crippen LogP contribution in [0.5, 0.6) is 0 Å². The predicted molar refractivity (Wildman–Crippen MR) is 203 cm³/mol. The summed E-state index contributed by atoms with van der Waals surface area (Å²) in [7, 11) is 0. The highest BCUT2D eigenvalue weighted by Gasteiger charge is 2.56. The third-order valence-corrected chi connectivity index (χ3v) is 9.58. The molecule has 1 saturated carbocycles. The second-order valence-electron chi connectivity index (χ2n) is 14.3. The first kappa shape index (κ1) is 46.0. The summed E-state index contributed by atoms with van der Waals surface area (Å²) in [5.74, 6) is -15.0. The molecule has 2 saturated heterocycles. The fraction of sp³-hybridized carbons (Fsp3) is 0.429. The third kappa shape index (κ3) is 11.2. The molecule has 1 aliphatic carbocycles. The van der Waals surface area contributed by atoms with Crippen molar-refractivity contribution in [3.63, 3.8) is 0 Å². The van der Waals surface area contributed by atoms with Crippen LogP contribution in [0.3, 0.4) is 0 Å². The molecule has 20 nitrogen and oxygen atoms in total. The van der Waals surface area contributed by atoms with Crippen LogP contribution in [0.15, 0.2) is 94.9 Å². The summed E-state index contributed by atoms with van der Waals surface area (Å²) in [4.78, 5) is 99.6. The Morgan fingerprint density at radius 1 is 0.516 bits per heavy atom. The molecule has 5 aliphatic rings. The van der Waals surface area contributed by atoms with Crippen molar-refractivity contribution in [1.82, 2.24) is 0 Å². The highest BCUT2D eigenvalue weighted by atomic mass is 16.8. The van der Waals surface area contributed by atoms with Gasteiger partial charge in [-0.1, -0.05) is 36.5 Å². The standard InChI is InChI=1S/C42H44O20/c1-5-53-29(43)17-19-39(3)55-31(45)25(32(46)56-39)13-9-7-11-15-27-35(49)59-41(60-36(27)50)21-23-42(24-22-41)61-37(51)28(38(52)62-42)16-12-8-10-14-26-33(47)57-40(4,58-34(26)48)20-18-30(44)54-6-2/h7-16,45,51H,5-6,17-24H2,1-4H3/b10-8+,11-7+,13-9+,16-12+,26-14?,27-15?. The predicted octanol–water partition coefficient (Wildman–Crippen LogP) is 4.04. The van der Waals surface area contributed by atoms with Crippen molar-refractivity contribution in [2.75, 3.05) is 13.2 Å². The molecule has 1 unspecified atom stereocenters. The van der Waals surface area contributed by atoms with E-state index in [1.165, 1.54) is 50.3 Å². The lowest BCUT2D eigenvalue weighted by atomic mass is 9.87. The van der Waals surface area contributed by atoms with Gasteiger partial charge in [0.25, 0.3) is 35.0 Å². The number of cyclic esters (lactones) is 3. The molecule has 0 radical (unpaired) electrons. The minimum Gasteiger partial charge on any atom is -0.480 e. The maximum Gasteiger partial charge on any atom is 0.348 e. The minimum atomic E-state index is -1.70. The van der Waals surface area contributed by atoms with Gasteiger partial charge < -0.3 is 57.6 Å². The van der Waals surface area contributed by atoms with Gasteiger partial charge in [0.05, 0.1) is 26.1 Å². The fourth-order valence-electron chi connectivity index (χ4n) is 6.38. The summed E-state index contributed by atoms with van der Waals surface area (Å²) < 4.78 is 52.8. The van der Waals surface area contributed by atoms with Crippen LogP contribution in [0.4, 0.5) is 0 Å². The van der Waals surface area contributed by atoms with Crippen molar-refractivity contribution in [1.29, 1.82) is 0 Å². The first-order valence-corrected chi connectivity index (χ1v) is 19.4. The largest absolute Gasteiger partial charge is 0.480 e. The Balaban J connectivity index is 1.11. The van der Waals surface area contributed by atoms with E-state index in [0.717, 1.165) is 24.3 Å². The smallest absolute Gasteiger partial charge is 0.348 e. The maximum absolute atomic E-state index is 12.9. The van der Waals surface area contributed by atoms with Crippen molar-refractivity contribution in [3.8, 4) is 0 Å². The number of ether oxygens (including phenoxy) is 10. The average molecular weight is 869 g/mol. The molecule has 0 bridgehead atoms. The van der Waals surface area contributed by atoms with Crippen LogP contribution in [-0.2, 0) is 85.7 Å². The summed E-state index contributed by atoms with van der Waals surface area (Å²) in [6.07, 6.45) is 11.3. The molecule has 0 aromatic rings. The highest BCUT2D eigenvalue weighted by Crippen LogP contribution is 2.46. The molecule has 3 fully saturated rings. The van der Waals surface area contributed by atoms with Crippen molar-refractivity contribution < 1.29 is 95.9 Å². The molecular formula is C42H44O20. The van der Waals surface area contributed by atoms with Crippen LogP contribution in [0.25, 0.3) is 0 Å². The van der Waals surface area contributed by atoms with Crippen molar-refractivity contribution in [2.45, 2.75) is 102 Å². The van der Waals surface area contributed by atoms with Gasteiger partial charge in [-0.2, -0.15) is 0 Å². The molecule has 2 spiro atoms. The Hall–Kier alpha value is -7.12. The van der Waals surface area contributed by atoms with Crippen LogP contribution >= 0.6 is 0 Å². The van der Waals surface area contributed by atoms with Gasteiger partial charge in [-0.15, -0.1) is 0 Å². The molecule has 2 N–H and O–H groups in total. The van der Waals surface area contributed by atoms with E-state index < -0.39 is 93.9 Å². The third-order valence-electron chi connectivity index (χ3n) is 9.58. The Kier molecular flexibility index (Phi) is 14.1. The summed E-state index contributed by atoms with van der Waals surface area (Å²) in [6.45, 7) is 6.34. The molecule has 0 aromatic heterocycles. The van der Waals surface area contributed by atoms with Crippen LogP contribution in [0.1, 0.15) is 79.1 Å². The topological polar surface area (TPSA) is 269 Å². The van der Waals surface area contributed by atoms with Crippen molar-refractivity contribution in [2.24, 2.45) is 0 Å². The van der Waals surface area contributed by atoms with Crippen LogP contribution in [0, 0.1) is 0 Å². The lowest BCUT2D eigenvalue weighted by Gasteiger charge is -2.46. The molecule has 4 aliphatic heterocycles. The molecule has 332 valence electrons. The van der Waals surface area contributed by atoms with Gasteiger partial charge in [0.15, 0.2) is 0 Å². The number of hydrogen-bond acceptors (Lipinski definition) is 20. The van der Waals surface area contributed by atoms with Crippen molar-refractivity contribution >= 4 is 47.8 Å². The van der Waals surface area contributed by atoms with Gasteiger partial charge in [-0.25, -0.2) is 28.8 Å². The molecule has 20 heteroatoms. The zero-order valence-electron chi connectivity index (χ0n) is 34.1. The number of rotatable bonds is 14. The summed E-state index contributed by atoms with van der Waals surface area (Å²) >= 11 is 0. The van der Waals surface area contributed by atoms with Gasteiger partial charge in [-0.3, -0.25) is 9.59 Å². The SMILES string of the molecule is CCOC(=O)CCC1(C)OC(=O)C(=C/C=C/C=C/C2=C(O)OC3(CCC4(CC3)OC(=O)C(=C/C=C/C=C/C3=C(O)OC(C)(CCC(=O)OCC)OC3=O)C(=O)O4)OC2=O)C(=O)O1. The molecule has 1 atom stereocenters. The van der Waals surface area contributed by atoms with Gasteiger partial charge >= 0.3 is 47.8 Å². The quantitative estimate of drug-likeness (QED) is 0.0820. The van der Waals surface area contributed by atoms with E-state index in [-0.39, 0.29) is 75.7 Å². The Labute approximate surface area is 353 Å². The van der Waals surface area contributed by atoms with Gasteiger partial charge in [0.1, 0.15) is 22.3 Å². The minimum absolute atomic E-state index is 0.0706. The molecule has 0 amide bonds. The molecular weight excluding hydrogens is 824 g/mol. The lowest BCUT2D eigenvalue weighted by Crippen LogP contribution is -2.54. The maximum atomic E-state index is 12.9. The Morgan fingerprint density at radius 2 is 0.871 bits per heavy atom. The number of hydrogen-bond donors (Lipinski definition) is 2. The van der Waals surface area contributed by atoms with Gasteiger partial charge in [0, 0.05) is 52.4 Å². The van der Waals surface area contributed by atoms with Crippen LogP contribution < -0.4 is 0 Å². The summed E-state index contributed by atoms with van der Waals surface area (Å²) in [6, 6.07) is 0. The number of aliphatic hydroxyl groups excluding tert-OH is 2. The van der Waals surface area contributed by atoms with Crippen molar-refractivity contribution in [3.05, 3.63) is 94.9 Å². The van der Waals surface area contributed by atoms with E-state index in [2.05, 4.69) is 0 Å². The van der Waals surface area contributed by atoms with Gasteiger partial charge in [0.2, 0.25) is 0 Å². The zero-order valence-corrected chi connectivity index (χ0v) is 34.1. The Morgan fingerprint density at radius 3 is 1.29 bits per heavy atom. The monoisotopic (exact) mass is 868 g/mol. The number of allylic oxidation sites excluding steroid dienone is 8. The first-order valence-electron chi connectivity index (χ1n) is 19.4.